The number of nitrogens with zero attached hydrogens (tertiary/aromatic N) is 2. The minimum absolute atomic E-state index is 0.00436. The zero-order valence-corrected chi connectivity index (χ0v) is 13.3. The highest BCUT2D eigenvalue weighted by molar-refractivity contribution is 5.94. The van der Waals surface area contributed by atoms with E-state index >= 15 is 0 Å². The third kappa shape index (κ3) is 4.10. The molecular formula is C18H20N4O2. The molecule has 2 N–H and O–H groups in total. The van der Waals surface area contributed by atoms with Crippen LogP contribution in [0.25, 0.3) is 0 Å². The van der Waals surface area contributed by atoms with Crippen LogP contribution < -0.4 is 10.6 Å². The number of aromatic nitrogens is 1. The summed E-state index contributed by atoms with van der Waals surface area (Å²) >= 11 is 0. The van der Waals surface area contributed by atoms with E-state index in [0.29, 0.717) is 18.7 Å². The Bertz CT molecular complexity index is 683. The molecule has 24 heavy (non-hydrogen) atoms. The Hall–Kier alpha value is -2.89. The van der Waals surface area contributed by atoms with Gasteiger partial charge in [0.25, 0.3) is 5.91 Å². The van der Waals surface area contributed by atoms with Crippen LogP contribution >= 0.6 is 0 Å². The smallest absolute Gasteiger partial charge is 0.319 e. The fourth-order valence-electron chi connectivity index (χ4n) is 2.77. The lowest BCUT2D eigenvalue weighted by molar-refractivity contribution is 0.0708. The van der Waals surface area contributed by atoms with E-state index in [2.05, 4.69) is 15.6 Å². The van der Waals surface area contributed by atoms with E-state index in [4.69, 9.17) is 0 Å². The molecule has 1 fully saturated rings. The molecule has 3 rings (SSSR count). The molecule has 1 aliphatic rings. The van der Waals surface area contributed by atoms with Crippen LogP contribution in [0.3, 0.4) is 0 Å². The first-order chi connectivity index (χ1) is 11.7. The van der Waals surface area contributed by atoms with Gasteiger partial charge in [-0.05, 0) is 37.1 Å². The minimum atomic E-state index is -0.210. The predicted octanol–water partition coefficient (Wildman–Crippen LogP) is 2.51. The number of nitrogens with one attached hydrogen (secondary N) is 2. The Morgan fingerprint density at radius 2 is 1.79 bits per heavy atom. The minimum Gasteiger partial charge on any atom is -0.338 e. The van der Waals surface area contributed by atoms with E-state index in [1.807, 2.05) is 35.2 Å². The van der Waals surface area contributed by atoms with Crippen LogP contribution in [-0.2, 0) is 0 Å². The lowest BCUT2D eigenvalue weighted by Gasteiger charge is -2.32. The Kier molecular flexibility index (Phi) is 5.05. The maximum Gasteiger partial charge on any atom is 0.319 e. The molecule has 0 aliphatic carbocycles. The fourth-order valence-corrected chi connectivity index (χ4v) is 2.77. The second-order valence-electron chi connectivity index (χ2n) is 5.77. The summed E-state index contributed by atoms with van der Waals surface area (Å²) in [4.78, 5) is 30.2. The molecule has 0 bridgehead atoms. The van der Waals surface area contributed by atoms with Gasteiger partial charge in [-0.2, -0.15) is 0 Å². The number of hydrogen-bond acceptors (Lipinski definition) is 3. The lowest BCUT2D eigenvalue weighted by Crippen LogP contribution is -2.47. The highest BCUT2D eigenvalue weighted by atomic mass is 16.2. The topological polar surface area (TPSA) is 74.3 Å². The third-order valence-electron chi connectivity index (χ3n) is 4.06. The van der Waals surface area contributed by atoms with Gasteiger partial charge in [0.05, 0.1) is 5.56 Å². The van der Waals surface area contributed by atoms with Crippen molar-refractivity contribution in [2.24, 2.45) is 0 Å². The van der Waals surface area contributed by atoms with Crippen LogP contribution in [0.5, 0.6) is 0 Å². The van der Waals surface area contributed by atoms with Gasteiger partial charge in [0.15, 0.2) is 0 Å². The Labute approximate surface area is 140 Å². The first kappa shape index (κ1) is 16.0. The molecule has 0 spiro atoms. The lowest BCUT2D eigenvalue weighted by atomic mass is 10.0. The first-order valence-electron chi connectivity index (χ1n) is 8.04. The second kappa shape index (κ2) is 7.59. The predicted molar refractivity (Wildman–Crippen MR) is 91.8 cm³/mol. The van der Waals surface area contributed by atoms with Crippen molar-refractivity contribution in [1.29, 1.82) is 0 Å². The van der Waals surface area contributed by atoms with Crippen LogP contribution in [0.4, 0.5) is 10.5 Å². The zero-order valence-electron chi connectivity index (χ0n) is 13.3. The first-order valence-corrected chi connectivity index (χ1v) is 8.04. The molecule has 0 atom stereocenters. The maximum absolute atomic E-state index is 12.4. The highest BCUT2D eigenvalue weighted by Gasteiger charge is 2.24. The molecule has 0 radical (unpaired) electrons. The van der Waals surface area contributed by atoms with Crippen LogP contribution in [0.15, 0.2) is 54.9 Å². The Balaban J connectivity index is 1.47. The Morgan fingerprint density at radius 1 is 1.04 bits per heavy atom. The number of amides is 3. The number of hydrogen-bond donors (Lipinski definition) is 2. The average Bonchev–Trinajstić information content (AvgIpc) is 2.63. The van der Waals surface area contributed by atoms with Gasteiger partial charge in [-0.1, -0.05) is 18.2 Å². The molecule has 0 unspecified atom stereocenters. The molecule has 6 heteroatoms. The molecule has 124 valence electrons. The fraction of sp³-hybridized carbons (Fsp3) is 0.278. The number of carbonyl (C=O) groups is 2. The SMILES string of the molecule is O=C(Nc1ccccc1)NC1CCN(C(=O)c2cccnc2)CC1. The monoisotopic (exact) mass is 324 g/mol. The van der Waals surface area contributed by atoms with Gasteiger partial charge in [-0.3, -0.25) is 9.78 Å². The number of urea groups is 1. The van der Waals surface area contributed by atoms with E-state index in [1.165, 1.54) is 0 Å². The molecular weight excluding hydrogens is 304 g/mol. The summed E-state index contributed by atoms with van der Waals surface area (Å²) in [6, 6.07) is 12.7. The quantitative estimate of drug-likeness (QED) is 0.911. The summed E-state index contributed by atoms with van der Waals surface area (Å²) in [7, 11) is 0. The molecule has 1 aromatic carbocycles. The summed E-state index contributed by atoms with van der Waals surface area (Å²) in [5.74, 6) is -0.00436. The molecule has 1 aromatic heterocycles. The molecule has 2 heterocycles. The maximum atomic E-state index is 12.4. The van der Waals surface area contributed by atoms with Gasteiger partial charge >= 0.3 is 6.03 Å². The number of benzene rings is 1. The summed E-state index contributed by atoms with van der Waals surface area (Å²) in [5.41, 5.74) is 1.37. The van der Waals surface area contributed by atoms with Crippen molar-refractivity contribution in [3.8, 4) is 0 Å². The van der Waals surface area contributed by atoms with Gasteiger partial charge in [0, 0.05) is 37.2 Å². The van der Waals surface area contributed by atoms with Gasteiger partial charge < -0.3 is 15.5 Å². The van der Waals surface area contributed by atoms with E-state index < -0.39 is 0 Å². The van der Waals surface area contributed by atoms with Crippen molar-refractivity contribution in [2.45, 2.75) is 18.9 Å². The number of piperidine rings is 1. The van der Waals surface area contributed by atoms with Crippen molar-refractivity contribution in [1.82, 2.24) is 15.2 Å². The van der Waals surface area contributed by atoms with Gasteiger partial charge in [0.2, 0.25) is 0 Å². The standard InChI is InChI=1S/C18H20N4O2/c23-17(14-5-4-10-19-13-14)22-11-8-16(9-12-22)21-18(24)20-15-6-2-1-3-7-15/h1-7,10,13,16H,8-9,11-12H2,(H2,20,21,24). The number of pyridine rings is 1. The summed E-state index contributed by atoms with van der Waals surface area (Å²) in [6.45, 7) is 1.26. The van der Waals surface area contributed by atoms with E-state index in [1.54, 1.807) is 24.5 Å². The number of para-hydroxylation sites is 1. The number of rotatable bonds is 3. The van der Waals surface area contributed by atoms with Crippen LogP contribution in [0.2, 0.25) is 0 Å². The number of likely N-dealkylation sites (tertiary alicyclic amines) is 1. The molecule has 2 aromatic rings. The largest absolute Gasteiger partial charge is 0.338 e. The van der Waals surface area contributed by atoms with Crippen molar-refractivity contribution >= 4 is 17.6 Å². The van der Waals surface area contributed by atoms with Crippen LogP contribution in [0, 0.1) is 0 Å². The average molecular weight is 324 g/mol. The van der Waals surface area contributed by atoms with E-state index in [0.717, 1.165) is 18.5 Å². The van der Waals surface area contributed by atoms with Crippen molar-refractivity contribution in [3.05, 3.63) is 60.4 Å². The second-order valence-corrected chi connectivity index (χ2v) is 5.77. The highest BCUT2D eigenvalue weighted by Crippen LogP contribution is 2.14. The van der Waals surface area contributed by atoms with Crippen molar-refractivity contribution in [3.63, 3.8) is 0 Å². The summed E-state index contributed by atoms with van der Waals surface area (Å²) in [6.07, 6.45) is 4.72. The van der Waals surface area contributed by atoms with Crippen LogP contribution in [-0.4, -0.2) is 41.0 Å². The molecule has 6 nitrogen and oxygen atoms in total. The number of carbonyl (C=O) groups excluding carboxylic acids is 2. The van der Waals surface area contributed by atoms with Crippen molar-refractivity contribution < 1.29 is 9.59 Å². The molecule has 1 saturated heterocycles. The van der Waals surface area contributed by atoms with E-state index in [9.17, 15) is 9.59 Å². The van der Waals surface area contributed by atoms with Crippen molar-refractivity contribution in [2.75, 3.05) is 18.4 Å². The molecule has 0 saturated carbocycles. The number of anilines is 1. The summed E-state index contributed by atoms with van der Waals surface area (Å²) < 4.78 is 0. The van der Waals surface area contributed by atoms with Gasteiger partial charge in [-0.15, -0.1) is 0 Å². The zero-order chi connectivity index (χ0) is 16.8. The van der Waals surface area contributed by atoms with E-state index in [-0.39, 0.29) is 18.0 Å². The molecule has 1 aliphatic heterocycles. The van der Waals surface area contributed by atoms with Crippen LogP contribution in [0.1, 0.15) is 23.2 Å². The molecule has 3 amide bonds. The van der Waals surface area contributed by atoms with Gasteiger partial charge in [-0.25, -0.2) is 4.79 Å². The normalized spacial score (nSPS) is 14.9. The Morgan fingerprint density at radius 3 is 2.46 bits per heavy atom. The third-order valence-corrected chi connectivity index (χ3v) is 4.06. The van der Waals surface area contributed by atoms with Gasteiger partial charge in [0.1, 0.15) is 0 Å². The summed E-state index contributed by atoms with van der Waals surface area (Å²) in [5, 5.41) is 5.78.